The molecule has 2 rings (SSSR count). The largest absolute Gasteiger partial charge is 0.346 e. The average Bonchev–Trinajstić information content (AvgIpc) is 3.13. The number of hydrogen-bond acceptors (Lipinski definition) is 5. The molecule has 8 nitrogen and oxygen atoms in total. The van der Waals surface area contributed by atoms with Gasteiger partial charge in [-0.25, -0.2) is 0 Å². The summed E-state index contributed by atoms with van der Waals surface area (Å²) in [6.07, 6.45) is 0. The fourth-order valence-electron chi connectivity index (χ4n) is 2.30. The number of rotatable bonds is 9. The molecule has 138 valence electrons. The van der Waals surface area contributed by atoms with Crippen LogP contribution in [0, 0.1) is 10.1 Å². The van der Waals surface area contributed by atoms with E-state index in [-0.39, 0.29) is 30.6 Å². The minimum atomic E-state index is -0.497. The van der Waals surface area contributed by atoms with Gasteiger partial charge in [0.1, 0.15) is 0 Å². The van der Waals surface area contributed by atoms with Gasteiger partial charge in [-0.3, -0.25) is 19.7 Å². The van der Waals surface area contributed by atoms with Crippen LogP contribution in [0.1, 0.15) is 11.8 Å². The molecule has 26 heavy (non-hydrogen) atoms. The summed E-state index contributed by atoms with van der Waals surface area (Å²) < 4.78 is 0. The van der Waals surface area contributed by atoms with Crippen molar-refractivity contribution in [3.8, 4) is 0 Å². The normalized spacial score (nSPS) is 11.6. The third-order valence-corrected chi connectivity index (χ3v) is 4.60. The van der Waals surface area contributed by atoms with Gasteiger partial charge in [-0.15, -0.1) is 11.3 Å². The van der Waals surface area contributed by atoms with E-state index in [1.807, 2.05) is 24.4 Å². The van der Waals surface area contributed by atoms with E-state index in [9.17, 15) is 19.7 Å². The molecule has 0 saturated heterocycles. The van der Waals surface area contributed by atoms with E-state index in [2.05, 4.69) is 10.6 Å². The number of benzene rings is 1. The summed E-state index contributed by atoms with van der Waals surface area (Å²) in [5.41, 5.74) is 0.449. The number of nitro benzene ring substituents is 1. The first kappa shape index (κ1) is 19.5. The molecule has 0 aliphatic rings. The summed E-state index contributed by atoms with van der Waals surface area (Å²) in [4.78, 5) is 36.2. The molecule has 1 heterocycles. The number of thiophene rings is 1. The van der Waals surface area contributed by atoms with Gasteiger partial charge in [0, 0.05) is 22.7 Å². The molecule has 2 aromatic rings. The third kappa shape index (κ3) is 6.26. The Bertz CT molecular complexity index is 747. The fourth-order valence-corrected chi connectivity index (χ4v) is 2.94. The summed E-state index contributed by atoms with van der Waals surface area (Å²) in [7, 11) is 0. The van der Waals surface area contributed by atoms with E-state index in [0.29, 0.717) is 18.8 Å². The Balaban J connectivity index is 1.79. The number of anilines is 1. The highest BCUT2D eigenvalue weighted by atomic mass is 32.1. The van der Waals surface area contributed by atoms with Gasteiger partial charge in [-0.05, 0) is 30.5 Å². The number of carbonyl (C=O) groups is 2. The van der Waals surface area contributed by atoms with Crippen molar-refractivity contribution in [3.05, 3.63) is 56.8 Å². The monoisotopic (exact) mass is 377 g/mol. The van der Waals surface area contributed by atoms with Crippen molar-refractivity contribution in [1.29, 1.82) is 0 Å². The lowest BCUT2D eigenvalue weighted by molar-refractivity contribution is -0.881. The Kier molecular flexibility index (Phi) is 7.24. The summed E-state index contributed by atoms with van der Waals surface area (Å²) in [6, 6.07) is 9.51. The maximum Gasteiger partial charge on any atom is 0.279 e. The van der Waals surface area contributed by atoms with Crippen molar-refractivity contribution >= 4 is 34.5 Å². The van der Waals surface area contributed by atoms with Crippen molar-refractivity contribution in [2.24, 2.45) is 0 Å². The SMILES string of the molecule is CC[NH+](CC(=O)NCc1cccs1)CC(=O)Nc1ccc([N+](=O)[O-])cc1. The molecule has 2 amide bonds. The number of carbonyl (C=O) groups excluding carboxylic acids is 2. The Morgan fingerprint density at radius 3 is 2.42 bits per heavy atom. The average molecular weight is 377 g/mol. The van der Waals surface area contributed by atoms with Crippen molar-refractivity contribution < 1.29 is 19.4 Å². The number of amides is 2. The van der Waals surface area contributed by atoms with E-state index in [1.165, 1.54) is 24.3 Å². The summed E-state index contributed by atoms with van der Waals surface area (Å²) in [5.74, 6) is -0.361. The molecule has 0 radical (unpaired) electrons. The Morgan fingerprint density at radius 1 is 1.15 bits per heavy atom. The molecular formula is C17H21N4O4S+. The van der Waals surface area contributed by atoms with Crippen LogP contribution in [0.15, 0.2) is 41.8 Å². The summed E-state index contributed by atoms with van der Waals surface area (Å²) in [6.45, 7) is 3.36. The van der Waals surface area contributed by atoms with Crippen molar-refractivity contribution in [2.45, 2.75) is 13.5 Å². The first-order chi connectivity index (χ1) is 12.5. The molecule has 1 aromatic carbocycles. The highest BCUT2D eigenvalue weighted by Crippen LogP contribution is 2.15. The standard InChI is InChI=1S/C17H20N4O4S/c1-2-20(11-16(22)18-10-15-4-3-9-26-15)12-17(23)19-13-5-7-14(8-6-13)21(24)25/h3-9H,2,10-12H2,1H3,(H,18,22)(H,19,23)/p+1. The van der Waals surface area contributed by atoms with Crippen molar-refractivity contribution in [2.75, 3.05) is 25.0 Å². The first-order valence-corrected chi connectivity index (χ1v) is 9.03. The molecule has 1 unspecified atom stereocenters. The van der Waals surface area contributed by atoms with Crippen LogP contribution in [0.3, 0.4) is 0 Å². The van der Waals surface area contributed by atoms with Crippen LogP contribution in [0.5, 0.6) is 0 Å². The zero-order valence-electron chi connectivity index (χ0n) is 14.4. The molecular weight excluding hydrogens is 356 g/mol. The second kappa shape index (κ2) is 9.64. The van der Waals surface area contributed by atoms with Crippen LogP contribution < -0.4 is 15.5 Å². The predicted octanol–water partition coefficient (Wildman–Crippen LogP) is 0.816. The van der Waals surface area contributed by atoms with Crippen LogP contribution in [0.4, 0.5) is 11.4 Å². The lowest BCUT2D eigenvalue weighted by atomic mass is 10.3. The number of nitrogens with zero attached hydrogens (tertiary/aromatic N) is 1. The molecule has 0 saturated carbocycles. The Morgan fingerprint density at radius 2 is 1.85 bits per heavy atom. The topological polar surface area (TPSA) is 106 Å². The molecule has 0 bridgehead atoms. The fraction of sp³-hybridized carbons (Fsp3) is 0.294. The molecule has 1 atom stereocenters. The van der Waals surface area contributed by atoms with E-state index < -0.39 is 4.92 Å². The maximum atomic E-state index is 12.1. The lowest BCUT2D eigenvalue weighted by Crippen LogP contribution is -3.13. The zero-order valence-corrected chi connectivity index (χ0v) is 15.2. The molecule has 0 aliphatic carbocycles. The quantitative estimate of drug-likeness (QED) is 0.444. The Labute approximate surface area is 155 Å². The number of nitrogens with one attached hydrogen (secondary N) is 3. The van der Waals surface area contributed by atoms with E-state index in [4.69, 9.17) is 0 Å². The maximum absolute atomic E-state index is 12.1. The second-order valence-corrected chi connectivity index (χ2v) is 6.70. The summed E-state index contributed by atoms with van der Waals surface area (Å²) in [5, 5.41) is 18.1. The number of hydrogen-bond donors (Lipinski definition) is 3. The van der Waals surface area contributed by atoms with E-state index in [1.54, 1.807) is 11.3 Å². The number of nitro groups is 1. The van der Waals surface area contributed by atoms with E-state index in [0.717, 1.165) is 9.78 Å². The molecule has 1 aromatic heterocycles. The number of non-ortho nitro benzene ring substituents is 1. The van der Waals surface area contributed by atoms with Gasteiger partial charge >= 0.3 is 0 Å². The minimum Gasteiger partial charge on any atom is -0.346 e. The van der Waals surface area contributed by atoms with Crippen molar-refractivity contribution in [1.82, 2.24) is 5.32 Å². The lowest BCUT2D eigenvalue weighted by Gasteiger charge is -2.16. The van der Waals surface area contributed by atoms with Crippen LogP contribution in [-0.2, 0) is 16.1 Å². The van der Waals surface area contributed by atoms with Crippen LogP contribution in [0.25, 0.3) is 0 Å². The second-order valence-electron chi connectivity index (χ2n) is 5.67. The van der Waals surface area contributed by atoms with Crippen LogP contribution >= 0.6 is 11.3 Å². The van der Waals surface area contributed by atoms with Gasteiger partial charge in [-0.2, -0.15) is 0 Å². The Hall–Kier alpha value is -2.78. The highest BCUT2D eigenvalue weighted by molar-refractivity contribution is 7.09. The van der Waals surface area contributed by atoms with Gasteiger partial charge in [0.25, 0.3) is 17.5 Å². The van der Waals surface area contributed by atoms with Gasteiger partial charge in [0.15, 0.2) is 13.1 Å². The zero-order chi connectivity index (χ0) is 18.9. The van der Waals surface area contributed by atoms with Gasteiger partial charge < -0.3 is 15.5 Å². The molecule has 3 N–H and O–H groups in total. The van der Waals surface area contributed by atoms with Crippen LogP contribution in [0.2, 0.25) is 0 Å². The van der Waals surface area contributed by atoms with Gasteiger partial charge in [0.2, 0.25) is 0 Å². The smallest absolute Gasteiger partial charge is 0.279 e. The highest BCUT2D eigenvalue weighted by Gasteiger charge is 2.17. The first-order valence-electron chi connectivity index (χ1n) is 8.15. The van der Waals surface area contributed by atoms with Crippen molar-refractivity contribution in [3.63, 3.8) is 0 Å². The number of likely N-dealkylation sites (N-methyl/N-ethyl adjacent to an activating group) is 1. The number of quaternary nitrogens is 1. The minimum absolute atomic E-state index is 0.0359. The molecule has 0 fully saturated rings. The summed E-state index contributed by atoms with van der Waals surface area (Å²) >= 11 is 1.58. The van der Waals surface area contributed by atoms with Gasteiger partial charge in [0.05, 0.1) is 18.0 Å². The van der Waals surface area contributed by atoms with Crippen LogP contribution in [-0.4, -0.2) is 36.4 Å². The third-order valence-electron chi connectivity index (χ3n) is 3.72. The molecule has 0 aliphatic heterocycles. The van der Waals surface area contributed by atoms with E-state index >= 15 is 0 Å². The van der Waals surface area contributed by atoms with Gasteiger partial charge in [-0.1, -0.05) is 6.07 Å². The molecule has 9 heteroatoms. The molecule has 0 spiro atoms. The predicted molar refractivity (Wildman–Crippen MR) is 99.1 cm³/mol.